The van der Waals surface area contributed by atoms with Crippen LogP contribution in [-0.2, 0) is 9.53 Å². The summed E-state index contributed by atoms with van der Waals surface area (Å²) >= 11 is 10.4. The Bertz CT molecular complexity index is 120. The smallest absolute Gasteiger partial charge is 0.339 e. The van der Waals surface area contributed by atoms with Gasteiger partial charge in [-0.15, -0.1) is 0 Å². The standard InChI is InChI=1S/C5H6Cl2O2/c6-4(7)5(8)9-3-1-2-3/h3-4H,1-2H2. The lowest BCUT2D eigenvalue weighted by Gasteiger charge is -2.00. The zero-order valence-electron chi connectivity index (χ0n) is 4.64. The molecule has 52 valence electrons. The lowest BCUT2D eigenvalue weighted by Crippen LogP contribution is -2.13. The molecule has 0 amide bonds. The van der Waals surface area contributed by atoms with E-state index in [4.69, 9.17) is 27.9 Å². The Morgan fingerprint density at radius 3 is 2.44 bits per heavy atom. The minimum Gasteiger partial charge on any atom is -0.460 e. The molecule has 0 aromatic heterocycles. The van der Waals surface area contributed by atoms with Crippen LogP contribution in [0.4, 0.5) is 0 Å². The number of hydrogen-bond acceptors (Lipinski definition) is 2. The van der Waals surface area contributed by atoms with Gasteiger partial charge in [-0.2, -0.15) is 0 Å². The van der Waals surface area contributed by atoms with Crippen LogP contribution in [0.15, 0.2) is 0 Å². The second-order valence-corrected chi connectivity index (χ2v) is 3.03. The van der Waals surface area contributed by atoms with Crippen molar-refractivity contribution in [2.75, 3.05) is 0 Å². The minimum atomic E-state index is -1.02. The zero-order valence-corrected chi connectivity index (χ0v) is 6.15. The van der Waals surface area contributed by atoms with Crippen LogP contribution >= 0.6 is 23.2 Å². The summed E-state index contributed by atoms with van der Waals surface area (Å²) in [6.45, 7) is 0. The van der Waals surface area contributed by atoms with Gasteiger partial charge in [0.1, 0.15) is 6.10 Å². The van der Waals surface area contributed by atoms with Gasteiger partial charge in [-0.1, -0.05) is 23.2 Å². The summed E-state index contributed by atoms with van der Waals surface area (Å²) in [5.41, 5.74) is 0. The van der Waals surface area contributed by atoms with Crippen LogP contribution in [0, 0.1) is 0 Å². The van der Waals surface area contributed by atoms with E-state index in [0.29, 0.717) is 0 Å². The highest BCUT2D eigenvalue weighted by Gasteiger charge is 2.28. The molecule has 0 aliphatic heterocycles. The molecule has 9 heavy (non-hydrogen) atoms. The highest BCUT2D eigenvalue weighted by atomic mass is 35.5. The molecule has 0 aromatic carbocycles. The molecule has 1 fully saturated rings. The first kappa shape index (κ1) is 7.16. The van der Waals surface area contributed by atoms with Gasteiger partial charge in [0, 0.05) is 0 Å². The van der Waals surface area contributed by atoms with E-state index in [1.807, 2.05) is 0 Å². The maximum atomic E-state index is 10.5. The molecule has 0 aromatic rings. The molecule has 0 atom stereocenters. The molecule has 0 bridgehead atoms. The minimum absolute atomic E-state index is 0.0949. The number of halogens is 2. The van der Waals surface area contributed by atoms with Crippen molar-refractivity contribution in [3.05, 3.63) is 0 Å². The van der Waals surface area contributed by atoms with Gasteiger partial charge in [0.05, 0.1) is 0 Å². The molecule has 0 radical (unpaired) electrons. The van der Waals surface area contributed by atoms with Crippen molar-refractivity contribution in [3.8, 4) is 0 Å². The van der Waals surface area contributed by atoms with Crippen LogP contribution in [0.25, 0.3) is 0 Å². The summed E-state index contributed by atoms with van der Waals surface area (Å²) in [5, 5.41) is 0. The Labute approximate surface area is 63.1 Å². The van der Waals surface area contributed by atoms with E-state index in [1.165, 1.54) is 0 Å². The van der Waals surface area contributed by atoms with E-state index in [-0.39, 0.29) is 6.10 Å². The molecule has 0 saturated heterocycles. The predicted molar refractivity (Wildman–Crippen MR) is 34.6 cm³/mol. The Balaban J connectivity index is 2.17. The molecule has 1 aliphatic rings. The SMILES string of the molecule is O=C(OC1CC1)C(Cl)Cl. The molecular formula is C5H6Cl2O2. The fraction of sp³-hybridized carbons (Fsp3) is 0.800. The van der Waals surface area contributed by atoms with Crippen LogP contribution in [-0.4, -0.2) is 16.9 Å². The van der Waals surface area contributed by atoms with Crippen LogP contribution in [0.2, 0.25) is 0 Å². The highest BCUT2D eigenvalue weighted by molar-refractivity contribution is 6.52. The summed E-state index contributed by atoms with van der Waals surface area (Å²) in [5.74, 6) is -0.527. The van der Waals surface area contributed by atoms with Gasteiger partial charge in [0.2, 0.25) is 4.84 Å². The Hall–Kier alpha value is 0.0500. The van der Waals surface area contributed by atoms with Crippen molar-refractivity contribution in [3.63, 3.8) is 0 Å². The predicted octanol–water partition coefficient (Wildman–Crippen LogP) is 1.50. The maximum Gasteiger partial charge on any atom is 0.339 e. The number of alkyl halides is 2. The highest BCUT2D eigenvalue weighted by Crippen LogP contribution is 2.24. The van der Waals surface area contributed by atoms with E-state index in [1.54, 1.807) is 0 Å². The van der Waals surface area contributed by atoms with Gasteiger partial charge in [-0.3, -0.25) is 0 Å². The fourth-order valence-electron chi connectivity index (χ4n) is 0.402. The molecule has 2 nitrogen and oxygen atoms in total. The number of esters is 1. The Kier molecular flexibility index (Phi) is 2.19. The van der Waals surface area contributed by atoms with Crippen molar-refractivity contribution < 1.29 is 9.53 Å². The van der Waals surface area contributed by atoms with E-state index in [9.17, 15) is 4.79 Å². The number of hydrogen-bond donors (Lipinski definition) is 0. The van der Waals surface area contributed by atoms with Gasteiger partial charge in [0.15, 0.2) is 0 Å². The first-order valence-corrected chi connectivity index (χ1v) is 3.56. The number of carbonyl (C=O) groups excluding carboxylic acids is 1. The van der Waals surface area contributed by atoms with E-state index >= 15 is 0 Å². The molecule has 0 heterocycles. The lowest BCUT2D eigenvalue weighted by atomic mass is 10.7. The normalized spacial score (nSPS) is 18.1. The van der Waals surface area contributed by atoms with Crippen molar-refractivity contribution >= 4 is 29.2 Å². The first-order chi connectivity index (χ1) is 4.20. The Morgan fingerprint density at radius 2 is 2.11 bits per heavy atom. The summed E-state index contributed by atoms with van der Waals surface area (Å²) in [4.78, 5) is 9.48. The Morgan fingerprint density at radius 1 is 1.56 bits per heavy atom. The zero-order chi connectivity index (χ0) is 6.85. The van der Waals surface area contributed by atoms with Crippen LogP contribution < -0.4 is 0 Å². The summed E-state index contributed by atoms with van der Waals surface area (Å²) in [6, 6.07) is 0. The number of ether oxygens (including phenoxy) is 1. The van der Waals surface area contributed by atoms with Crippen LogP contribution in [0.3, 0.4) is 0 Å². The lowest BCUT2D eigenvalue weighted by molar-refractivity contribution is -0.142. The van der Waals surface area contributed by atoms with E-state index < -0.39 is 10.8 Å². The van der Waals surface area contributed by atoms with Crippen LogP contribution in [0.1, 0.15) is 12.8 Å². The summed E-state index contributed by atoms with van der Waals surface area (Å²) < 4.78 is 4.72. The first-order valence-electron chi connectivity index (χ1n) is 2.69. The molecular weight excluding hydrogens is 163 g/mol. The number of carbonyl (C=O) groups is 1. The third-order valence-corrected chi connectivity index (χ3v) is 1.34. The average Bonchev–Trinajstić information content (AvgIpc) is 2.50. The quantitative estimate of drug-likeness (QED) is 0.462. The largest absolute Gasteiger partial charge is 0.460 e. The van der Waals surface area contributed by atoms with E-state index in [0.717, 1.165) is 12.8 Å². The third-order valence-electron chi connectivity index (χ3n) is 0.985. The second-order valence-electron chi connectivity index (χ2n) is 1.94. The third kappa shape index (κ3) is 2.41. The summed E-state index contributed by atoms with van der Waals surface area (Å²) in [7, 11) is 0. The molecule has 1 saturated carbocycles. The topological polar surface area (TPSA) is 26.3 Å². The average molecular weight is 169 g/mol. The second kappa shape index (κ2) is 2.76. The van der Waals surface area contributed by atoms with Gasteiger partial charge in [0.25, 0.3) is 0 Å². The van der Waals surface area contributed by atoms with Crippen molar-refractivity contribution in [1.29, 1.82) is 0 Å². The van der Waals surface area contributed by atoms with Crippen molar-refractivity contribution in [2.24, 2.45) is 0 Å². The van der Waals surface area contributed by atoms with E-state index in [2.05, 4.69) is 0 Å². The van der Waals surface area contributed by atoms with Crippen LogP contribution in [0.5, 0.6) is 0 Å². The summed E-state index contributed by atoms with van der Waals surface area (Å²) in [6.07, 6.45) is 2.00. The van der Waals surface area contributed by atoms with Gasteiger partial charge >= 0.3 is 5.97 Å². The molecule has 0 N–H and O–H groups in total. The monoisotopic (exact) mass is 168 g/mol. The van der Waals surface area contributed by atoms with Gasteiger partial charge < -0.3 is 4.74 Å². The maximum absolute atomic E-state index is 10.5. The molecule has 0 unspecified atom stereocenters. The van der Waals surface area contributed by atoms with Gasteiger partial charge in [-0.25, -0.2) is 4.79 Å². The molecule has 1 aliphatic carbocycles. The molecule has 4 heteroatoms. The van der Waals surface area contributed by atoms with Crippen molar-refractivity contribution in [2.45, 2.75) is 23.8 Å². The molecule has 1 rings (SSSR count). The molecule has 0 spiro atoms. The fourth-order valence-corrected chi connectivity index (χ4v) is 0.504. The number of rotatable bonds is 2. The van der Waals surface area contributed by atoms with Gasteiger partial charge in [-0.05, 0) is 12.8 Å². The van der Waals surface area contributed by atoms with Crippen molar-refractivity contribution in [1.82, 2.24) is 0 Å².